The number of hydrogen-bond acceptors (Lipinski definition) is 2. The maximum Gasteiger partial charge on any atom is 0.0398 e. The summed E-state index contributed by atoms with van der Waals surface area (Å²) in [7, 11) is 0. The Morgan fingerprint density at radius 3 is 3.10 bits per heavy atom. The maximum atomic E-state index is 3.80. The molecule has 2 nitrogen and oxygen atoms in total. The molecule has 1 aliphatic heterocycles. The van der Waals surface area contributed by atoms with Crippen molar-refractivity contribution in [2.75, 3.05) is 19.6 Å². The molecule has 56 valence electrons. The first-order chi connectivity index (χ1) is 4.93. The van der Waals surface area contributed by atoms with Gasteiger partial charge in [0.05, 0.1) is 0 Å². The summed E-state index contributed by atoms with van der Waals surface area (Å²) in [5, 5.41) is 0. The van der Waals surface area contributed by atoms with E-state index >= 15 is 0 Å². The van der Waals surface area contributed by atoms with E-state index in [0.29, 0.717) is 0 Å². The van der Waals surface area contributed by atoms with Gasteiger partial charge >= 0.3 is 0 Å². The van der Waals surface area contributed by atoms with Crippen molar-refractivity contribution in [2.24, 2.45) is 4.99 Å². The van der Waals surface area contributed by atoms with Crippen molar-refractivity contribution in [3.63, 3.8) is 0 Å². The first-order valence-corrected chi connectivity index (χ1v) is 3.76. The van der Waals surface area contributed by atoms with Crippen molar-refractivity contribution in [2.45, 2.75) is 12.8 Å². The molecule has 0 radical (unpaired) electrons. The van der Waals surface area contributed by atoms with Crippen LogP contribution in [0.1, 0.15) is 12.8 Å². The average molecular weight is 138 g/mol. The lowest BCUT2D eigenvalue weighted by atomic mass is 10.4. The zero-order valence-electron chi connectivity index (χ0n) is 6.29. The highest BCUT2D eigenvalue weighted by Crippen LogP contribution is 2.03. The first-order valence-electron chi connectivity index (χ1n) is 3.76. The fourth-order valence-corrected chi connectivity index (χ4v) is 1.11. The van der Waals surface area contributed by atoms with E-state index in [2.05, 4.69) is 28.9 Å². The highest BCUT2D eigenvalue weighted by atomic mass is 15.1. The Morgan fingerprint density at radius 2 is 2.50 bits per heavy atom. The minimum absolute atomic E-state index is 0.893. The van der Waals surface area contributed by atoms with Crippen molar-refractivity contribution in [3.8, 4) is 0 Å². The summed E-state index contributed by atoms with van der Waals surface area (Å²) >= 11 is 0. The van der Waals surface area contributed by atoms with Crippen LogP contribution in [0, 0.1) is 0 Å². The minimum Gasteiger partial charge on any atom is -0.377 e. The van der Waals surface area contributed by atoms with Crippen LogP contribution in [-0.2, 0) is 0 Å². The Hall–Kier alpha value is -0.790. The van der Waals surface area contributed by atoms with E-state index in [0.717, 1.165) is 19.5 Å². The zero-order valence-corrected chi connectivity index (χ0v) is 6.29. The molecule has 0 aromatic heterocycles. The monoisotopic (exact) mass is 138 g/mol. The second-order valence-electron chi connectivity index (χ2n) is 2.51. The van der Waals surface area contributed by atoms with Gasteiger partial charge in [0.15, 0.2) is 0 Å². The summed E-state index contributed by atoms with van der Waals surface area (Å²) in [5.41, 5.74) is 0. The molecule has 1 heterocycles. The Labute approximate surface area is 62.3 Å². The van der Waals surface area contributed by atoms with E-state index in [9.17, 15) is 0 Å². The van der Waals surface area contributed by atoms with E-state index in [-0.39, 0.29) is 0 Å². The molecule has 0 atom stereocenters. The van der Waals surface area contributed by atoms with Crippen LogP contribution in [0.3, 0.4) is 0 Å². The van der Waals surface area contributed by atoms with Gasteiger partial charge in [-0.2, -0.15) is 0 Å². The molecule has 0 aliphatic carbocycles. The minimum atomic E-state index is 0.893. The molecule has 0 bridgehead atoms. The highest BCUT2D eigenvalue weighted by molar-refractivity contribution is 5.23. The van der Waals surface area contributed by atoms with Gasteiger partial charge in [-0.15, -0.1) is 0 Å². The van der Waals surface area contributed by atoms with E-state index in [4.69, 9.17) is 0 Å². The molecule has 1 aliphatic rings. The molecule has 0 fully saturated rings. The Kier molecular flexibility index (Phi) is 3.00. The van der Waals surface area contributed by atoms with Crippen LogP contribution >= 0.6 is 0 Å². The van der Waals surface area contributed by atoms with Gasteiger partial charge in [0, 0.05) is 19.6 Å². The fraction of sp³-hybridized carbons (Fsp3) is 0.625. The van der Waals surface area contributed by atoms with Crippen molar-refractivity contribution in [3.05, 3.63) is 12.3 Å². The molecular weight excluding hydrogens is 124 g/mol. The second kappa shape index (κ2) is 4.09. The summed E-state index contributed by atoms with van der Waals surface area (Å²) < 4.78 is 0. The third-order valence-electron chi connectivity index (χ3n) is 1.66. The lowest BCUT2D eigenvalue weighted by molar-refractivity contribution is 0.401. The molecule has 0 unspecified atom stereocenters. The summed E-state index contributed by atoms with van der Waals surface area (Å²) in [6.07, 6.45) is 6.72. The van der Waals surface area contributed by atoms with Gasteiger partial charge in [0.25, 0.3) is 0 Å². The molecule has 0 amide bonds. The summed E-state index contributed by atoms with van der Waals surface area (Å²) in [5.74, 6) is 0. The van der Waals surface area contributed by atoms with Gasteiger partial charge < -0.3 is 9.89 Å². The summed E-state index contributed by atoms with van der Waals surface area (Å²) in [6, 6.07) is 0. The second-order valence-corrected chi connectivity index (χ2v) is 2.51. The van der Waals surface area contributed by atoms with E-state index in [1.807, 2.05) is 0 Å². The Balaban J connectivity index is 2.02. The summed E-state index contributed by atoms with van der Waals surface area (Å²) in [4.78, 5) is 6.12. The molecule has 0 spiro atoms. The van der Waals surface area contributed by atoms with Crippen LogP contribution in [-0.4, -0.2) is 31.3 Å². The predicted molar refractivity (Wildman–Crippen MR) is 44.4 cm³/mol. The van der Waals surface area contributed by atoms with Crippen molar-refractivity contribution >= 4 is 6.72 Å². The Bertz CT molecular complexity index is 129. The maximum absolute atomic E-state index is 3.80. The van der Waals surface area contributed by atoms with Crippen molar-refractivity contribution < 1.29 is 0 Å². The Morgan fingerprint density at radius 1 is 1.60 bits per heavy atom. The summed E-state index contributed by atoms with van der Waals surface area (Å²) in [6.45, 7) is 6.66. The molecule has 0 aromatic rings. The van der Waals surface area contributed by atoms with Gasteiger partial charge in [-0.25, -0.2) is 0 Å². The number of aliphatic imine (C=N–C) groups is 1. The van der Waals surface area contributed by atoms with Crippen LogP contribution in [0.15, 0.2) is 17.3 Å². The average Bonchev–Trinajstić information content (AvgIpc) is 2.41. The first kappa shape index (κ1) is 7.32. The van der Waals surface area contributed by atoms with Crippen molar-refractivity contribution in [1.29, 1.82) is 0 Å². The smallest absolute Gasteiger partial charge is 0.0398 e. The third kappa shape index (κ3) is 2.21. The SMILES string of the molecule is C=NCCCN1C=CCC1. The van der Waals surface area contributed by atoms with Gasteiger partial charge in [-0.3, -0.25) is 0 Å². The van der Waals surface area contributed by atoms with Gasteiger partial charge in [-0.1, -0.05) is 6.08 Å². The molecule has 1 rings (SSSR count). The molecule has 0 N–H and O–H groups in total. The molecule has 0 saturated heterocycles. The normalized spacial score (nSPS) is 16.2. The van der Waals surface area contributed by atoms with E-state index in [1.54, 1.807) is 0 Å². The lowest BCUT2D eigenvalue weighted by Crippen LogP contribution is -2.16. The molecule has 0 aromatic carbocycles. The van der Waals surface area contributed by atoms with Crippen LogP contribution in [0.2, 0.25) is 0 Å². The highest BCUT2D eigenvalue weighted by Gasteiger charge is 2.01. The topological polar surface area (TPSA) is 15.6 Å². The van der Waals surface area contributed by atoms with Crippen LogP contribution in [0.5, 0.6) is 0 Å². The van der Waals surface area contributed by atoms with Crippen LogP contribution in [0.25, 0.3) is 0 Å². The fourth-order valence-electron chi connectivity index (χ4n) is 1.11. The van der Waals surface area contributed by atoms with Gasteiger partial charge in [0.1, 0.15) is 0 Å². The standard InChI is InChI=1S/C8H14N2/c1-9-5-4-8-10-6-2-3-7-10/h2,6H,1,3-5,7-8H2. The largest absolute Gasteiger partial charge is 0.377 e. The number of rotatable bonds is 4. The third-order valence-corrected chi connectivity index (χ3v) is 1.66. The predicted octanol–water partition coefficient (Wildman–Crippen LogP) is 1.30. The molecule has 0 saturated carbocycles. The lowest BCUT2D eigenvalue weighted by Gasteiger charge is -2.13. The number of hydrogen-bond donors (Lipinski definition) is 0. The molecule has 2 heteroatoms. The van der Waals surface area contributed by atoms with E-state index < -0.39 is 0 Å². The van der Waals surface area contributed by atoms with E-state index in [1.165, 1.54) is 13.0 Å². The quantitative estimate of drug-likeness (QED) is 0.422. The molecule has 10 heavy (non-hydrogen) atoms. The van der Waals surface area contributed by atoms with Crippen LogP contribution in [0.4, 0.5) is 0 Å². The van der Waals surface area contributed by atoms with Gasteiger partial charge in [0.2, 0.25) is 0 Å². The number of nitrogens with zero attached hydrogens (tertiary/aromatic N) is 2. The molecular formula is C8H14N2. The van der Waals surface area contributed by atoms with Gasteiger partial charge in [-0.05, 0) is 25.8 Å². The van der Waals surface area contributed by atoms with Crippen molar-refractivity contribution in [1.82, 2.24) is 4.90 Å². The zero-order chi connectivity index (χ0) is 7.23. The van der Waals surface area contributed by atoms with Crippen LogP contribution < -0.4 is 0 Å².